The van der Waals surface area contributed by atoms with Crippen molar-refractivity contribution in [2.45, 2.75) is 13.8 Å². The number of pyridine rings is 1. The second-order valence-electron chi connectivity index (χ2n) is 4.05. The van der Waals surface area contributed by atoms with Crippen molar-refractivity contribution in [1.29, 1.82) is 0 Å². The summed E-state index contributed by atoms with van der Waals surface area (Å²) < 4.78 is 7.38. The Morgan fingerprint density at radius 2 is 2.16 bits per heavy atom. The van der Waals surface area contributed by atoms with Gasteiger partial charge in [-0.3, -0.25) is 4.40 Å². The van der Waals surface area contributed by atoms with E-state index in [-0.39, 0.29) is 0 Å². The number of nitrogens with zero attached hydrogens (tertiary/aromatic N) is 5. The molecule has 6 heteroatoms. The van der Waals surface area contributed by atoms with Gasteiger partial charge in [-0.25, -0.2) is 9.97 Å². The highest BCUT2D eigenvalue weighted by Gasteiger charge is 2.10. The van der Waals surface area contributed by atoms with E-state index in [1.807, 2.05) is 36.6 Å². The molecular formula is C13H13N5O. The van der Waals surface area contributed by atoms with Crippen LogP contribution in [-0.2, 0) is 0 Å². The standard InChI is InChI=1S/C13H13N5O/c1-3-19-12-11(5-4-6-14-12)10-7-15-13-17-16-9(2)18(13)8-10/h4-8H,3H2,1-2H3. The summed E-state index contributed by atoms with van der Waals surface area (Å²) >= 11 is 0. The van der Waals surface area contributed by atoms with Gasteiger partial charge in [0.25, 0.3) is 5.78 Å². The Morgan fingerprint density at radius 3 is 3.00 bits per heavy atom. The number of rotatable bonds is 3. The number of hydrogen-bond acceptors (Lipinski definition) is 5. The first kappa shape index (κ1) is 11.6. The molecule has 0 amide bonds. The average molecular weight is 255 g/mol. The van der Waals surface area contributed by atoms with Gasteiger partial charge in [0.15, 0.2) is 0 Å². The molecule has 96 valence electrons. The predicted octanol–water partition coefficient (Wildman–Crippen LogP) is 1.89. The van der Waals surface area contributed by atoms with E-state index in [0.717, 1.165) is 17.0 Å². The highest BCUT2D eigenvalue weighted by atomic mass is 16.5. The molecule has 0 N–H and O–H groups in total. The topological polar surface area (TPSA) is 65.2 Å². The molecule has 0 atom stereocenters. The number of ether oxygens (including phenoxy) is 1. The molecule has 0 bridgehead atoms. The van der Waals surface area contributed by atoms with Gasteiger partial charge in [0.2, 0.25) is 5.88 Å². The predicted molar refractivity (Wildman–Crippen MR) is 69.9 cm³/mol. The molecule has 3 aromatic rings. The highest BCUT2D eigenvalue weighted by molar-refractivity contribution is 5.67. The van der Waals surface area contributed by atoms with Gasteiger partial charge in [-0.1, -0.05) is 0 Å². The van der Waals surface area contributed by atoms with Crippen molar-refractivity contribution in [2.24, 2.45) is 0 Å². The fraction of sp³-hybridized carbons (Fsp3) is 0.231. The fourth-order valence-corrected chi connectivity index (χ4v) is 1.90. The van der Waals surface area contributed by atoms with Gasteiger partial charge >= 0.3 is 0 Å². The van der Waals surface area contributed by atoms with Crippen LogP contribution in [0.15, 0.2) is 30.7 Å². The first-order valence-electron chi connectivity index (χ1n) is 6.05. The Labute approximate surface area is 110 Å². The molecule has 0 aliphatic carbocycles. The average Bonchev–Trinajstić information content (AvgIpc) is 2.81. The SMILES string of the molecule is CCOc1ncccc1-c1cnc2nnc(C)n2c1. The van der Waals surface area contributed by atoms with Gasteiger partial charge < -0.3 is 4.74 Å². The molecule has 6 nitrogen and oxygen atoms in total. The van der Waals surface area contributed by atoms with Gasteiger partial charge in [0, 0.05) is 29.7 Å². The number of aromatic nitrogens is 5. The lowest BCUT2D eigenvalue weighted by Crippen LogP contribution is -1.98. The van der Waals surface area contributed by atoms with Gasteiger partial charge in [0.05, 0.1) is 6.61 Å². The minimum absolute atomic E-state index is 0.575. The van der Waals surface area contributed by atoms with Gasteiger partial charge in [-0.05, 0) is 26.0 Å². The first-order chi connectivity index (χ1) is 9.29. The monoisotopic (exact) mass is 255 g/mol. The number of fused-ring (bicyclic) bond motifs is 1. The van der Waals surface area contributed by atoms with Crippen molar-refractivity contribution in [3.05, 3.63) is 36.5 Å². The van der Waals surface area contributed by atoms with E-state index < -0.39 is 0 Å². The van der Waals surface area contributed by atoms with Crippen LogP contribution in [0.5, 0.6) is 5.88 Å². The smallest absolute Gasteiger partial charge is 0.254 e. The van der Waals surface area contributed by atoms with Crippen LogP contribution in [0.2, 0.25) is 0 Å². The molecule has 0 unspecified atom stereocenters. The fourth-order valence-electron chi connectivity index (χ4n) is 1.90. The zero-order chi connectivity index (χ0) is 13.2. The molecule has 0 aliphatic rings. The van der Waals surface area contributed by atoms with Crippen LogP contribution in [0.3, 0.4) is 0 Å². The van der Waals surface area contributed by atoms with Gasteiger partial charge in [-0.2, -0.15) is 0 Å². The third-order valence-corrected chi connectivity index (χ3v) is 2.80. The van der Waals surface area contributed by atoms with E-state index in [1.165, 1.54) is 0 Å². The van der Waals surface area contributed by atoms with Gasteiger partial charge in [-0.15, -0.1) is 10.2 Å². The molecule has 0 saturated carbocycles. The molecule has 0 aliphatic heterocycles. The minimum atomic E-state index is 0.575. The largest absolute Gasteiger partial charge is 0.478 e. The lowest BCUT2D eigenvalue weighted by atomic mass is 10.1. The third-order valence-electron chi connectivity index (χ3n) is 2.80. The Kier molecular flexibility index (Phi) is 2.83. The van der Waals surface area contributed by atoms with E-state index in [4.69, 9.17) is 4.74 Å². The van der Waals surface area contributed by atoms with Crippen LogP contribution in [0.25, 0.3) is 16.9 Å². The lowest BCUT2D eigenvalue weighted by molar-refractivity contribution is 0.328. The lowest BCUT2D eigenvalue weighted by Gasteiger charge is -2.08. The van der Waals surface area contributed by atoms with Crippen LogP contribution in [0.4, 0.5) is 0 Å². The normalized spacial score (nSPS) is 10.8. The molecule has 3 rings (SSSR count). The molecule has 19 heavy (non-hydrogen) atoms. The summed E-state index contributed by atoms with van der Waals surface area (Å²) in [6.45, 7) is 4.40. The summed E-state index contributed by atoms with van der Waals surface area (Å²) in [5.74, 6) is 1.99. The third kappa shape index (κ3) is 2.01. The molecule has 0 spiro atoms. The van der Waals surface area contributed by atoms with Crippen molar-refractivity contribution in [3.8, 4) is 17.0 Å². The molecular weight excluding hydrogens is 242 g/mol. The summed E-state index contributed by atoms with van der Waals surface area (Å²) in [4.78, 5) is 8.53. The van der Waals surface area contributed by atoms with E-state index in [2.05, 4.69) is 20.2 Å². The number of hydrogen-bond donors (Lipinski definition) is 0. The van der Waals surface area contributed by atoms with Crippen LogP contribution < -0.4 is 4.74 Å². The maximum atomic E-state index is 5.54. The quantitative estimate of drug-likeness (QED) is 0.715. The van der Waals surface area contributed by atoms with Crippen LogP contribution in [0.1, 0.15) is 12.7 Å². The molecule has 0 aromatic carbocycles. The van der Waals surface area contributed by atoms with Gasteiger partial charge in [0.1, 0.15) is 5.82 Å². The first-order valence-corrected chi connectivity index (χ1v) is 6.05. The van der Waals surface area contributed by atoms with Crippen molar-refractivity contribution >= 4 is 5.78 Å². The Hall–Kier alpha value is -2.50. The summed E-state index contributed by atoms with van der Waals surface area (Å²) in [6, 6.07) is 3.83. The molecule has 3 heterocycles. The van der Waals surface area contributed by atoms with Crippen molar-refractivity contribution < 1.29 is 4.74 Å². The van der Waals surface area contributed by atoms with Crippen molar-refractivity contribution in [3.63, 3.8) is 0 Å². The Bertz CT molecular complexity index is 722. The highest BCUT2D eigenvalue weighted by Crippen LogP contribution is 2.27. The van der Waals surface area contributed by atoms with E-state index >= 15 is 0 Å². The van der Waals surface area contributed by atoms with Crippen LogP contribution >= 0.6 is 0 Å². The maximum absolute atomic E-state index is 5.54. The molecule has 0 saturated heterocycles. The molecule has 0 fully saturated rings. The second-order valence-corrected chi connectivity index (χ2v) is 4.05. The van der Waals surface area contributed by atoms with E-state index in [1.54, 1.807) is 12.4 Å². The molecule has 3 aromatic heterocycles. The minimum Gasteiger partial charge on any atom is -0.478 e. The summed E-state index contributed by atoms with van der Waals surface area (Å²) in [7, 11) is 0. The second kappa shape index (κ2) is 4.64. The zero-order valence-electron chi connectivity index (χ0n) is 10.7. The number of aryl methyl sites for hydroxylation is 1. The van der Waals surface area contributed by atoms with Crippen molar-refractivity contribution in [2.75, 3.05) is 6.61 Å². The maximum Gasteiger partial charge on any atom is 0.254 e. The van der Waals surface area contributed by atoms with Crippen molar-refractivity contribution in [1.82, 2.24) is 24.6 Å². The Balaban J connectivity index is 2.15. The summed E-state index contributed by atoms with van der Waals surface area (Å²) in [6.07, 6.45) is 5.41. The summed E-state index contributed by atoms with van der Waals surface area (Å²) in [5, 5.41) is 7.96. The van der Waals surface area contributed by atoms with Crippen LogP contribution in [0, 0.1) is 6.92 Å². The zero-order valence-corrected chi connectivity index (χ0v) is 10.7. The van der Waals surface area contributed by atoms with E-state index in [9.17, 15) is 0 Å². The van der Waals surface area contributed by atoms with Crippen LogP contribution in [-0.4, -0.2) is 31.2 Å². The summed E-state index contributed by atoms with van der Waals surface area (Å²) in [5.41, 5.74) is 1.83. The van der Waals surface area contributed by atoms with E-state index in [0.29, 0.717) is 18.3 Å². The Morgan fingerprint density at radius 1 is 1.26 bits per heavy atom. The molecule has 0 radical (unpaired) electrons.